The Labute approximate surface area is 122 Å². The van der Waals surface area contributed by atoms with E-state index in [-0.39, 0.29) is 17.3 Å². The SMILES string of the molecule is CNC(C)c1cccc(OC2CC(C)(C)OC2(C)C)c1. The summed E-state index contributed by atoms with van der Waals surface area (Å²) in [4.78, 5) is 0. The van der Waals surface area contributed by atoms with Crippen LogP contribution in [0.4, 0.5) is 0 Å². The molecule has 2 atom stereocenters. The lowest BCUT2D eigenvalue weighted by atomic mass is 9.97. The van der Waals surface area contributed by atoms with Crippen molar-refractivity contribution in [1.82, 2.24) is 5.32 Å². The van der Waals surface area contributed by atoms with Gasteiger partial charge in [0.1, 0.15) is 17.5 Å². The van der Waals surface area contributed by atoms with E-state index in [0.717, 1.165) is 12.2 Å². The summed E-state index contributed by atoms with van der Waals surface area (Å²) >= 11 is 0. The van der Waals surface area contributed by atoms with Crippen molar-refractivity contribution in [3.05, 3.63) is 29.8 Å². The van der Waals surface area contributed by atoms with Crippen LogP contribution in [0, 0.1) is 0 Å². The van der Waals surface area contributed by atoms with Crippen molar-refractivity contribution >= 4 is 0 Å². The molecule has 0 radical (unpaired) electrons. The number of nitrogens with one attached hydrogen (secondary N) is 1. The lowest BCUT2D eigenvalue weighted by Crippen LogP contribution is -2.36. The smallest absolute Gasteiger partial charge is 0.130 e. The molecule has 112 valence electrons. The Morgan fingerprint density at radius 3 is 2.55 bits per heavy atom. The number of hydrogen-bond donors (Lipinski definition) is 1. The van der Waals surface area contributed by atoms with E-state index in [1.165, 1.54) is 5.56 Å². The van der Waals surface area contributed by atoms with E-state index in [1.807, 2.05) is 19.2 Å². The first-order chi connectivity index (χ1) is 9.23. The van der Waals surface area contributed by atoms with Gasteiger partial charge in [0.2, 0.25) is 0 Å². The highest BCUT2D eigenvalue weighted by molar-refractivity contribution is 5.30. The molecule has 0 saturated carbocycles. The van der Waals surface area contributed by atoms with E-state index < -0.39 is 0 Å². The Morgan fingerprint density at radius 2 is 2.00 bits per heavy atom. The van der Waals surface area contributed by atoms with Crippen molar-refractivity contribution in [2.45, 2.75) is 64.4 Å². The molecule has 3 nitrogen and oxygen atoms in total. The second-order valence-electron chi connectivity index (χ2n) is 6.86. The van der Waals surface area contributed by atoms with Gasteiger partial charge in [-0.05, 0) is 59.4 Å². The van der Waals surface area contributed by atoms with Crippen LogP contribution in [0.1, 0.15) is 52.6 Å². The second-order valence-corrected chi connectivity index (χ2v) is 6.86. The molecule has 0 aromatic heterocycles. The summed E-state index contributed by atoms with van der Waals surface area (Å²) in [6.45, 7) is 10.6. The molecule has 1 aliphatic heterocycles. The standard InChI is InChI=1S/C17H27NO2/c1-12(18-6)13-8-7-9-14(10-13)19-15-11-16(2,3)20-17(15,4)5/h7-10,12,15,18H,11H2,1-6H3. The molecule has 1 N–H and O–H groups in total. The van der Waals surface area contributed by atoms with Gasteiger partial charge in [0.15, 0.2) is 0 Å². The van der Waals surface area contributed by atoms with Gasteiger partial charge in [0, 0.05) is 12.5 Å². The lowest BCUT2D eigenvalue weighted by Gasteiger charge is -2.27. The van der Waals surface area contributed by atoms with Crippen molar-refractivity contribution in [1.29, 1.82) is 0 Å². The molecular formula is C17H27NO2. The highest BCUT2D eigenvalue weighted by Gasteiger charge is 2.47. The predicted octanol–water partition coefficient (Wildman–Crippen LogP) is 3.69. The van der Waals surface area contributed by atoms with Crippen LogP contribution >= 0.6 is 0 Å². The first-order valence-corrected chi connectivity index (χ1v) is 7.37. The van der Waals surface area contributed by atoms with Crippen LogP contribution in [0.5, 0.6) is 5.75 Å². The van der Waals surface area contributed by atoms with Gasteiger partial charge in [0.25, 0.3) is 0 Å². The van der Waals surface area contributed by atoms with E-state index in [4.69, 9.17) is 9.47 Å². The van der Waals surface area contributed by atoms with E-state index in [2.05, 4.69) is 52.1 Å². The summed E-state index contributed by atoms with van der Waals surface area (Å²) in [5, 5.41) is 3.25. The van der Waals surface area contributed by atoms with Crippen LogP contribution < -0.4 is 10.1 Å². The highest BCUT2D eigenvalue weighted by atomic mass is 16.6. The van der Waals surface area contributed by atoms with Gasteiger partial charge in [-0.3, -0.25) is 0 Å². The third kappa shape index (κ3) is 3.33. The van der Waals surface area contributed by atoms with Crippen molar-refractivity contribution in [2.24, 2.45) is 0 Å². The summed E-state index contributed by atoms with van der Waals surface area (Å²) in [6, 6.07) is 8.62. The van der Waals surface area contributed by atoms with Crippen molar-refractivity contribution in [3.8, 4) is 5.75 Å². The quantitative estimate of drug-likeness (QED) is 0.910. The lowest BCUT2D eigenvalue weighted by molar-refractivity contribution is -0.0846. The zero-order valence-corrected chi connectivity index (χ0v) is 13.5. The topological polar surface area (TPSA) is 30.5 Å². The average molecular weight is 277 g/mol. The van der Waals surface area contributed by atoms with Gasteiger partial charge in [-0.15, -0.1) is 0 Å². The predicted molar refractivity (Wildman–Crippen MR) is 82.2 cm³/mol. The van der Waals surface area contributed by atoms with Gasteiger partial charge in [-0.1, -0.05) is 12.1 Å². The van der Waals surface area contributed by atoms with Gasteiger partial charge in [-0.2, -0.15) is 0 Å². The molecule has 2 rings (SSSR count). The van der Waals surface area contributed by atoms with Crippen LogP contribution in [0.25, 0.3) is 0 Å². The minimum atomic E-state index is -0.256. The van der Waals surface area contributed by atoms with E-state index in [9.17, 15) is 0 Å². The van der Waals surface area contributed by atoms with Crippen molar-refractivity contribution in [3.63, 3.8) is 0 Å². The Balaban J connectivity index is 2.14. The zero-order chi connectivity index (χ0) is 15.0. The van der Waals surface area contributed by atoms with Crippen LogP contribution in [0.3, 0.4) is 0 Å². The maximum Gasteiger partial charge on any atom is 0.130 e. The summed E-state index contributed by atoms with van der Waals surface area (Å²) in [6.07, 6.45) is 0.990. The molecule has 0 bridgehead atoms. The highest BCUT2D eigenvalue weighted by Crippen LogP contribution is 2.39. The fourth-order valence-corrected chi connectivity index (χ4v) is 2.88. The molecule has 1 aromatic carbocycles. The minimum absolute atomic E-state index is 0.0811. The number of benzene rings is 1. The Morgan fingerprint density at radius 1 is 1.30 bits per heavy atom. The summed E-state index contributed by atoms with van der Waals surface area (Å²) < 4.78 is 12.3. The monoisotopic (exact) mass is 277 g/mol. The molecule has 20 heavy (non-hydrogen) atoms. The summed E-state index contributed by atoms with van der Waals surface area (Å²) in [7, 11) is 1.97. The first-order valence-electron chi connectivity index (χ1n) is 7.37. The molecule has 1 aromatic rings. The average Bonchev–Trinajstić information content (AvgIpc) is 2.56. The zero-order valence-electron chi connectivity index (χ0n) is 13.5. The molecular weight excluding hydrogens is 250 g/mol. The largest absolute Gasteiger partial charge is 0.487 e. The number of hydrogen-bond acceptors (Lipinski definition) is 3. The Hall–Kier alpha value is -1.06. The molecule has 1 aliphatic rings. The van der Waals surface area contributed by atoms with Crippen LogP contribution in [0.15, 0.2) is 24.3 Å². The molecule has 3 heteroatoms. The summed E-state index contributed by atoms with van der Waals surface area (Å²) in [5.74, 6) is 0.920. The van der Waals surface area contributed by atoms with Gasteiger partial charge >= 0.3 is 0 Å². The van der Waals surface area contributed by atoms with Crippen LogP contribution in [-0.4, -0.2) is 24.4 Å². The molecule has 1 fully saturated rings. The minimum Gasteiger partial charge on any atom is -0.487 e. The van der Waals surface area contributed by atoms with Gasteiger partial charge < -0.3 is 14.8 Å². The molecule has 0 amide bonds. The van der Waals surface area contributed by atoms with Crippen LogP contribution in [-0.2, 0) is 4.74 Å². The van der Waals surface area contributed by atoms with E-state index in [1.54, 1.807) is 0 Å². The fraction of sp³-hybridized carbons (Fsp3) is 0.647. The van der Waals surface area contributed by atoms with Crippen molar-refractivity contribution < 1.29 is 9.47 Å². The third-order valence-corrected chi connectivity index (χ3v) is 4.06. The fourth-order valence-electron chi connectivity index (χ4n) is 2.88. The third-order valence-electron chi connectivity index (χ3n) is 4.06. The van der Waals surface area contributed by atoms with Gasteiger partial charge in [-0.25, -0.2) is 0 Å². The molecule has 1 heterocycles. The molecule has 1 saturated heterocycles. The second kappa shape index (κ2) is 5.38. The maximum absolute atomic E-state index is 6.21. The molecule has 0 aliphatic carbocycles. The normalized spacial score (nSPS) is 25.4. The van der Waals surface area contributed by atoms with E-state index in [0.29, 0.717) is 6.04 Å². The molecule has 0 spiro atoms. The molecule has 2 unspecified atom stereocenters. The summed E-state index contributed by atoms with van der Waals surface area (Å²) in [5.41, 5.74) is 0.860. The Kier molecular flexibility index (Phi) is 4.12. The van der Waals surface area contributed by atoms with Crippen molar-refractivity contribution in [2.75, 3.05) is 7.05 Å². The number of ether oxygens (including phenoxy) is 2. The van der Waals surface area contributed by atoms with Gasteiger partial charge in [0.05, 0.1) is 5.60 Å². The Bertz CT molecular complexity index is 468. The van der Waals surface area contributed by atoms with Crippen LogP contribution in [0.2, 0.25) is 0 Å². The first kappa shape index (κ1) is 15.3. The number of rotatable bonds is 4. The van der Waals surface area contributed by atoms with E-state index >= 15 is 0 Å². The maximum atomic E-state index is 6.21.